The largest absolute Gasteiger partial charge is 0.348 e. The van der Waals surface area contributed by atoms with Crippen molar-refractivity contribution in [2.75, 3.05) is 14.1 Å². The predicted molar refractivity (Wildman–Crippen MR) is 99.2 cm³/mol. The first-order valence-electron chi connectivity index (χ1n) is 7.99. The van der Waals surface area contributed by atoms with Crippen molar-refractivity contribution in [1.29, 1.82) is 0 Å². The Bertz CT molecular complexity index is 714. The van der Waals surface area contributed by atoms with Crippen LogP contribution in [0.3, 0.4) is 0 Å². The Morgan fingerprint density at radius 3 is 2.25 bits per heavy atom. The van der Waals surface area contributed by atoms with Crippen molar-refractivity contribution in [3.63, 3.8) is 0 Å². The molecule has 1 amide bonds. The number of aromatic nitrogens is 3. The first kappa shape index (κ1) is 18.5. The van der Waals surface area contributed by atoms with Crippen molar-refractivity contribution < 1.29 is 4.79 Å². The number of rotatable bonds is 4. The predicted octanol–water partition coefficient (Wildman–Crippen LogP) is 3.35. The topological polar surface area (TPSA) is 51.0 Å². The summed E-state index contributed by atoms with van der Waals surface area (Å²) in [5.74, 6) is 0.876. The second-order valence-electron chi connectivity index (χ2n) is 7.19. The molecule has 0 spiro atoms. The van der Waals surface area contributed by atoms with Gasteiger partial charge in [0.2, 0.25) is 5.91 Å². The maximum absolute atomic E-state index is 12.0. The van der Waals surface area contributed by atoms with Crippen LogP contribution in [0.2, 0.25) is 0 Å². The van der Waals surface area contributed by atoms with Gasteiger partial charge in [0.1, 0.15) is 0 Å². The second-order valence-corrected chi connectivity index (χ2v) is 8.49. The number of hydrogen-bond donors (Lipinski definition) is 0. The van der Waals surface area contributed by atoms with E-state index in [1.165, 1.54) is 17.3 Å². The first-order valence-corrected chi connectivity index (χ1v) is 8.87. The summed E-state index contributed by atoms with van der Waals surface area (Å²) >= 11 is 1.43. The molecule has 0 aliphatic carbocycles. The average Bonchev–Trinajstić information content (AvgIpc) is 2.86. The Balaban J connectivity index is 2.22. The first-order chi connectivity index (χ1) is 11.1. The van der Waals surface area contributed by atoms with E-state index in [1.54, 1.807) is 19.0 Å². The Morgan fingerprint density at radius 2 is 1.75 bits per heavy atom. The van der Waals surface area contributed by atoms with Gasteiger partial charge in [-0.2, -0.15) is 0 Å². The van der Waals surface area contributed by atoms with Gasteiger partial charge in [-0.15, -0.1) is 10.2 Å². The highest BCUT2D eigenvalue weighted by Gasteiger charge is 2.21. The van der Waals surface area contributed by atoms with E-state index in [4.69, 9.17) is 0 Å². The number of carbonyl (C=O) groups excluding carboxylic acids is 1. The summed E-state index contributed by atoms with van der Waals surface area (Å²) in [4.78, 5) is 13.6. The van der Waals surface area contributed by atoms with E-state index in [0.29, 0.717) is 0 Å². The molecule has 2 aromatic rings. The second kappa shape index (κ2) is 6.97. The lowest BCUT2D eigenvalue weighted by atomic mass is 9.87. The van der Waals surface area contributed by atoms with Crippen LogP contribution < -0.4 is 0 Å². The minimum atomic E-state index is -0.195. The van der Waals surface area contributed by atoms with Crippen LogP contribution in [0.5, 0.6) is 0 Å². The van der Waals surface area contributed by atoms with Crippen LogP contribution in [0.4, 0.5) is 0 Å². The number of carbonyl (C=O) groups is 1. The van der Waals surface area contributed by atoms with Crippen molar-refractivity contribution in [2.24, 2.45) is 7.05 Å². The molecule has 0 unspecified atom stereocenters. The van der Waals surface area contributed by atoms with Gasteiger partial charge < -0.3 is 9.47 Å². The number of hydrogen-bond acceptors (Lipinski definition) is 4. The molecule has 2 rings (SSSR count). The summed E-state index contributed by atoms with van der Waals surface area (Å²) in [6, 6.07) is 8.42. The number of benzene rings is 1. The van der Waals surface area contributed by atoms with Gasteiger partial charge in [-0.25, -0.2) is 0 Å². The maximum atomic E-state index is 12.0. The van der Waals surface area contributed by atoms with Crippen LogP contribution in [-0.4, -0.2) is 44.9 Å². The van der Waals surface area contributed by atoms with Crippen molar-refractivity contribution in [3.05, 3.63) is 29.8 Å². The standard InChI is InChI=1S/C18H26N4OS/c1-12(16(23)21(5)6)24-17-20-19-15(22(17)7)13-8-10-14(11-9-13)18(2,3)4/h8-12H,1-7H3/t12-/m0/s1. The van der Waals surface area contributed by atoms with Gasteiger partial charge >= 0.3 is 0 Å². The molecule has 1 atom stereocenters. The zero-order chi connectivity index (χ0) is 18.1. The molecule has 5 nitrogen and oxygen atoms in total. The number of amides is 1. The molecule has 0 bridgehead atoms. The molecule has 0 fully saturated rings. The van der Waals surface area contributed by atoms with E-state index in [0.717, 1.165) is 16.5 Å². The Kier molecular flexibility index (Phi) is 5.38. The smallest absolute Gasteiger partial charge is 0.235 e. The van der Waals surface area contributed by atoms with E-state index in [1.807, 2.05) is 18.5 Å². The Morgan fingerprint density at radius 1 is 1.17 bits per heavy atom. The van der Waals surface area contributed by atoms with Gasteiger partial charge in [-0.1, -0.05) is 56.8 Å². The fourth-order valence-corrected chi connectivity index (χ4v) is 3.32. The van der Waals surface area contributed by atoms with Crippen LogP contribution in [0.25, 0.3) is 11.4 Å². The molecule has 0 saturated heterocycles. The van der Waals surface area contributed by atoms with Crippen LogP contribution in [-0.2, 0) is 17.3 Å². The van der Waals surface area contributed by atoms with Crippen molar-refractivity contribution in [2.45, 2.75) is 43.5 Å². The monoisotopic (exact) mass is 346 g/mol. The van der Waals surface area contributed by atoms with Crippen molar-refractivity contribution >= 4 is 17.7 Å². The quantitative estimate of drug-likeness (QED) is 0.797. The average molecular weight is 347 g/mol. The Labute approximate surface area is 148 Å². The van der Waals surface area contributed by atoms with Crippen LogP contribution in [0, 0.1) is 0 Å². The summed E-state index contributed by atoms with van der Waals surface area (Å²) < 4.78 is 1.94. The molecule has 130 valence electrons. The fraction of sp³-hybridized carbons (Fsp3) is 0.500. The van der Waals surface area contributed by atoms with Crippen molar-refractivity contribution in [3.8, 4) is 11.4 Å². The van der Waals surface area contributed by atoms with Crippen molar-refractivity contribution in [1.82, 2.24) is 19.7 Å². The summed E-state index contributed by atoms with van der Waals surface area (Å²) in [5, 5.41) is 9.10. The minimum Gasteiger partial charge on any atom is -0.348 e. The molecule has 0 radical (unpaired) electrons. The molecule has 6 heteroatoms. The van der Waals surface area contributed by atoms with Gasteiger partial charge in [0.15, 0.2) is 11.0 Å². The zero-order valence-electron chi connectivity index (χ0n) is 15.5. The SMILES string of the molecule is C[C@H](Sc1nnc(-c2ccc(C(C)(C)C)cc2)n1C)C(=O)N(C)C. The highest BCUT2D eigenvalue weighted by molar-refractivity contribution is 8.00. The van der Waals surface area contributed by atoms with Gasteiger partial charge in [0.05, 0.1) is 5.25 Å². The molecule has 24 heavy (non-hydrogen) atoms. The molecule has 1 heterocycles. The van der Waals surface area contributed by atoms with Gasteiger partial charge in [0, 0.05) is 26.7 Å². The van der Waals surface area contributed by atoms with Gasteiger partial charge in [0.25, 0.3) is 0 Å². The summed E-state index contributed by atoms with van der Waals surface area (Å²) in [5.41, 5.74) is 2.44. The lowest BCUT2D eigenvalue weighted by molar-refractivity contribution is -0.127. The highest BCUT2D eigenvalue weighted by atomic mass is 32.2. The third kappa shape index (κ3) is 3.98. The minimum absolute atomic E-state index is 0.0686. The molecule has 0 saturated carbocycles. The molecule has 0 aliphatic heterocycles. The van der Waals surface area contributed by atoms with Crippen LogP contribution in [0.1, 0.15) is 33.3 Å². The van der Waals surface area contributed by atoms with E-state index in [9.17, 15) is 4.79 Å². The van der Waals surface area contributed by atoms with Crippen LogP contribution >= 0.6 is 11.8 Å². The lowest BCUT2D eigenvalue weighted by Gasteiger charge is -2.19. The van der Waals surface area contributed by atoms with E-state index >= 15 is 0 Å². The van der Waals surface area contributed by atoms with E-state index < -0.39 is 0 Å². The van der Waals surface area contributed by atoms with E-state index in [2.05, 4.69) is 55.2 Å². The zero-order valence-corrected chi connectivity index (χ0v) is 16.3. The maximum Gasteiger partial charge on any atom is 0.235 e. The van der Waals surface area contributed by atoms with Crippen LogP contribution in [0.15, 0.2) is 29.4 Å². The lowest BCUT2D eigenvalue weighted by Crippen LogP contribution is -2.29. The summed E-state index contributed by atoms with van der Waals surface area (Å²) in [7, 11) is 5.46. The normalized spacial score (nSPS) is 13.0. The molecule has 0 aliphatic rings. The molecular weight excluding hydrogens is 320 g/mol. The van der Waals surface area contributed by atoms with E-state index in [-0.39, 0.29) is 16.6 Å². The number of thioether (sulfide) groups is 1. The third-order valence-corrected chi connectivity index (χ3v) is 5.04. The molecule has 0 N–H and O–H groups in total. The third-order valence-electron chi connectivity index (χ3n) is 3.91. The summed E-state index contributed by atoms with van der Waals surface area (Å²) in [6.45, 7) is 8.48. The molecule has 1 aromatic heterocycles. The number of nitrogens with zero attached hydrogens (tertiary/aromatic N) is 4. The summed E-state index contributed by atoms with van der Waals surface area (Å²) in [6.07, 6.45) is 0. The fourth-order valence-electron chi connectivity index (χ4n) is 2.36. The molecule has 1 aromatic carbocycles. The highest BCUT2D eigenvalue weighted by Crippen LogP contribution is 2.28. The molecular formula is C18H26N4OS. The van der Waals surface area contributed by atoms with Gasteiger partial charge in [-0.05, 0) is 17.9 Å². The Hall–Kier alpha value is -1.82. The van der Waals surface area contributed by atoms with Gasteiger partial charge in [-0.3, -0.25) is 4.79 Å².